The predicted molar refractivity (Wildman–Crippen MR) is 75.9 cm³/mol. The fourth-order valence-electron chi connectivity index (χ4n) is 1.49. The van der Waals surface area contributed by atoms with Crippen LogP contribution < -0.4 is 11.2 Å². The number of aromatic nitrogens is 2. The molecule has 0 aliphatic carbocycles. The molecule has 4 N–H and O–H groups in total. The lowest BCUT2D eigenvalue weighted by Gasteiger charge is -2.06. The molecule has 0 spiro atoms. The van der Waals surface area contributed by atoms with Gasteiger partial charge in [-0.3, -0.25) is 9.78 Å². The van der Waals surface area contributed by atoms with Crippen LogP contribution in [0.5, 0.6) is 0 Å². The molecule has 106 valence electrons. The molecule has 0 radical (unpaired) electrons. The molecule has 2 aromatic rings. The maximum absolute atomic E-state index is 12.0. The summed E-state index contributed by atoms with van der Waals surface area (Å²) in [5.41, 5.74) is -1.80. The summed E-state index contributed by atoms with van der Waals surface area (Å²) in [5.74, 6) is -1.40. The molecule has 7 nitrogen and oxygen atoms in total. The number of halogens is 2. The van der Waals surface area contributed by atoms with Crippen molar-refractivity contribution in [1.29, 1.82) is 0 Å². The molecule has 9 heteroatoms. The van der Waals surface area contributed by atoms with Crippen molar-refractivity contribution < 1.29 is 15.4 Å². The second-order valence-electron chi connectivity index (χ2n) is 3.54. The van der Waals surface area contributed by atoms with Crippen molar-refractivity contribution in [3.63, 3.8) is 0 Å². The van der Waals surface area contributed by atoms with Gasteiger partial charge in [-0.2, -0.15) is 0 Å². The van der Waals surface area contributed by atoms with Crippen LogP contribution >= 0.6 is 27.5 Å². The lowest BCUT2D eigenvalue weighted by atomic mass is 10.3. The van der Waals surface area contributed by atoms with Gasteiger partial charge in [0.25, 0.3) is 5.56 Å². The highest BCUT2D eigenvalue weighted by atomic mass is 79.9. The smallest absolute Gasteiger partial charge is 0.353 e. The molecule has 0 saturated carbocycles. The Balaban J connectivity index is 0.00000200. The summed E-state index contributed by atoms with van der Waals surface area (Å²) in [6, 6.07) is 5.99. The highest BCUT2D eigenvalue weighted by Crippen LogP contribution is 2.12. The summed E-state index contributed by atoms with van der Waals surface area (Å²) in [6.45, 7) is 0. The maximum Gasteiger partial charge on any atom is 0.353 e. The molecule has 20 heavy (non-hydrogen) atoms. The molecule has 0 aliphatic rings. The first-order valence-corrected chi connectivity index (χ1v) is 6.13. The third-order valence-electron chi connectivity index (χ3n) is 2.34. The van der Waals surface area contributed by atoms with Crippen LogP contribution in [-0.4, -0.2) is 26.1 Å². The van der Waals surface area contributed by atoms with Crippen molar-refractivity contribution in [3.8, 4) is 5.69 Å². The largest absolute Gasteiger partial charge is 0.477 e. The molecule has 0 unspecified atom stereocenters. The third kappa shape index (κ3) is 2.82. The number of aromatic carboxylic acids is 1. The van der Waals surface area contributed by atoms with Crippen molar-refractivity contribution in [2.75, 3.05) is 0 Å². The van der Waals surface area contributed by atoms with Crippen LogP contribution in [0.25, 0.3) is 5.69 Å². The first-order chi connectivity index (χ1) is 8.91. The minimum Gasteiger partial charge on any atom is -0.477 e. The number of nitrogens with one attached hydrogen (secondary N) is 1. The number of carboxylic acids is 1. The van der Waals surface area contributed by atoms with Gasteiger partial charge in [-0.1, -0.05) is 11.6 Å². The van der Waals surface area contributed by atoms with Gasteiger partial charge >= 0.3 is 11.7 Å². The van der Waals surface area contributed by atoms with E-state index in [2.05, 4.69) is 20.9 Å². The Morgan fingerprint density at radius 3 is 2.30 bits per heavy atom. The van der Waals surface area contributed by atoms with Crippen molar-refractivity contribution >= 4 is 33.5 Å². The first kappa shape index (κ1) is 16.2. The number of H-pyrrole nitrogens is 1. The van der Waals surface area contributed by atoms with Crippen LogP contribution in [-0.2, 0) is 0 Å². The van der Waals surface area contributed by atoms with Crippen molar-refractivity contribution in [2.45, 2.75) is 0 Å². The highest BCUT2D eigenvalue weighted by Gasteiger charge is 2.17. The lowest BCUT2D eigenvalue weighted by molar-refractivity contribution is 0.0688. The van der Waals surface area contributed by atoms with Gasteiger partial charge in [-0.15, -0.1) is 0 Å². The summed E-state index contributed by atoms with van der Waals surface area (Å²) in [4.78, 5) is 36.8. The van der Waals surface area contributed by atoms with E-state index in [-0.39, 0.29) is 15.6 Å². The average Bonchev–Trinajstić information content (AvgIpc) is 2.36. The van der Waals surface area contributed by atoms with E-state index in [9.17, 15) is 14.4 Å². The zero-order valence-corrected chi connectivity index (χ0v) is 12.0. The minimum atomic E-state index is -1.40. The summed E-state index contributed by atoms with van der Waals surface area (Å²) < 4.78 is 0.585. The summed E-state index contributed by atoms with van der Waals surface area (Å²) in [7, 11) is 0. The van der Waals surface area contributed by atoms with E-state index < -0.39 is 22.9 Å². The highest BCUT2D eigenvalue weighted by molar-refractivity contribution is 9.10. The van der Waals surface area contributed by atoms with Crippen LogP contribution in [0, 0.1) is 0 Å². The maximum atomic E-state index is 12.0. The number of hydrogen-bond acceptors (Lipinski definition) is 3. The number of carboxylic acid groups (broad SMARTS) is 1. The minimum absolute atomic E-state index is 0. The van der Waals surface area contributed by atoms with Crippen LogP contribution in [0.1, 0.15) is 10.5 Å². The summed E-state index contributed by atoms with van der Waals surface area (Å²) in [6.07, 6.45) is 0. The Bertz CT molecular complexity index is 766. The van der Waals surface area contributed by atoms with Crippen LogP contribution in [0.2, 0.25) is 5.02 Å². The number of carbonyl (C=O) groups is 1. The SMILES string of the molecule is O.O=C(O)c1[nH]c(=O)n(-c2ccc(Cl)cc2)c(=O)c1Br. The fourth-order valence-corrected chi connectivity index (χ4v) is 2.06. The molecular formula is C11H8BrClN2O5. The predicted octanol–water partition coefficient (Wildman–Crippen LogP) is 0.815. The molecule has 0 saturated heterocycles. The number of benzene rings is 1. The zero-order valence-electron chi connectivity index (χ0n) is 9.68. The van der Waals surface area contributed by atoms with Crippen molar-refractivity contribution in [1.82, 2.24) is 9.55 Å². The van der Waals surface area contributed by atoms with Gasteiger partial charge in [-0.05, 0) is 40.2 Å². The van der Waals surface area contributed by atoms with E-state index in [1.54, 1.807) is 0 Å². The molecule has 0 amide bonds. The Morgan fingerprint density at radius 2 is 1.80 bits per heavy atom. The topological polar surface area (TPSA) is 124 Å². The Morgan fingerprint density at radius 1 is 1.25 bits per heavy atom. The van der Waals surface area contributed by atoms with Crippen LogP contribution in [0.4, 0.5) is 0 Å². The molecule has 1 aromatic carbocycles. The number of hydrogen-bond donors (Lipinski definition) is 2. The second-order valence-corrected chi connectivity index (χ2v) is 4.77. The average molecular weight is 364 g/mol. The third-order valence-corrected chi connectivity index (χ3v) is 3.33. The van der Waals surface area contributed by atoms with Gasteiger partial charge in [0.2, 0.25) is 0 Å². The number of aromatic amines is 1. The molecule has 0 atom stereocenters. The van der Waals surface area contributed by atoms with E-state index in [4.69, 9.17) is 16.7 Å². The van der Waals surface area contributed by atoms with Crippen LogP contribution in [0.3, 0.4) is 0 Å². The fraction of sp³-hybridized carbons (Fsp3) is 0. The molecule has 2 rings (SSSR count). The molecule has 0 fully saturated rings. The quantitative estimate of drug-likeness (QED) is 0.819. The monoisotopic (exact) mass is 362 g/mol. The van der Waals surface area contributed by atoms with E-state index >= 15 is 0 Å². The standard InChI is InChI=1S/C11H6BrClN2O4.H2O/c12-7-8(10(17)18)14-11(19)15(9(7)16)6-3-1-5(13)2-4-6;/h1-4H,(H,14,19)(H,17,18);1H2. The molecule has 0 bridgehead atoms. The first-order valence-electron chi connectivity index (χ1n) is 4.96. The number of rotatable bonds is 2. The Labute approximate surface area is 124 Å². The molecular weight excluding hydrogens is 355 g/mol. The Hall–Kier alpha value is -1.90. The normalized spacial score (nSPS) is 9.90. The Kier molecular flexibility index (Phi) is 4.88. The second kappa shape index (κ2) is 6.04. The van der Waals surface area contributed by atoms with Gasteiger partial charge in [0.1, 0.15) is 10.2 Å². The van der Waals surface area contributed by atoms with Gasteiger partial charge in [0.05, 0.1) is 5.69 Å². The van der Waals surface area contributed by atoms with E-state index in [1.807, 2.05) is 0 Å². The van der Waals surface area contributed by atoms with Gasteiger partial charge < -0.3 is 10.6 Å². The van der Waals surface area contributed by atoms with Gasteiger partial charge in [0.15, 0.2) is 0 Å². The van der Waals surface area contributed by atoms with Gasteiger partial charge in [0, 0.05) is 5.02 Å². The molecule has 1 heterocycles. The lowest BCUT2D eigenvalue weighted by Crippen LogP contribution is -2.36. The zero-order chi connectivity index (χ0) is 14.2. The number of nitrogens with zero attached hydrogens (tertiary/aromatic N) is 1. The van der Waals surface area contributed by atoms with Crippen LogP contribution in [0.15, 0.2) is 38.3 Å². The summed E-state index contributed by atoms with van der Waals surface area (Å²) in [5, 5.41) is 9.30. The summed E-state index contributed by atoms with van der Waals surface area (Å²) >= 11 is 8.58. The van der Waals surface area contributed by atoms with Crippen molar-refractivity contribution in [2.24, 2.45) is 0 Å². The van der Waals surface area contributed by atoms with Gasteiger partial charge in [-0.25, -0.2) is 14.2 Å². The van der Waals surface area contributed by atoms with Crippen molar-refractivity contribution in [3.05, 3.63) is 60.3 Å². The molecule has 0 aliphatic heterocycles. The van der Waals surface area contributed by atoms with E-state index in [0.29, 0.717) is 5.02 Å². The molecule has 1 aromatic heterocycles. The van der Waals surface area contributed by atoms with E-state index in [1.165, 1.54) is 24.3 Å². The van der Waals surface area contributed by atoms with E-state index in [0.717, 1.165) is 4.57 Å².